The molecule has 0 bridgehead atoms. The average Bonchev–Trinajstić information content (AvgIpc) is 2.60. The number of ether oxygens (including phenoxy) is 2. The maximum atomic E-state index is 13.1. The van der Waals surface area contributed by atoms with Gasteiger partial charge in [0.2, 0.25) is 5.78 Å². The van der Waals surface area contributed by atoms with E-state index in [1.807, 2.05) is 6.92 Å². The van der Waals surface area contributed by atoms with E-state index in [1.165, 1.54) is 26.2 Å². The molecule has 3 rings (SSSR count). The largest absolute Gasteiger partial charge is 0.496 e. The normalized spacial score (nSPS) is 13.5. The lowest BCUT2D eigenvalue weighted by Gasteiger charge is -2.21. The van der Waals surface area contributed by atoms with Gasteiger partial charge in [0.25, 0.3) is 0 Å². The fourth-order valence-corrected chi connectivity index (χ4v) is 3.18. The average molecular weight is 371 g/mol. The van der Waals surface area contributed by atoms with Gasteiger partial charge in [-0.3, -0.25) is 14.4 Å². The number of hydrogen-bond donors (Lipinski definition) is 0. The number of ketones is 2. The van der Waals surface area contributed by atoms with Gasteiger partial charge in [0.05, 0.1) is 18.2 Å². The quantitative estimate of drug-likeness (QED) is 0.604. The number of Topliss-reactive ketones (excluding diaryl/α,β-unsaturated/α-hetero) is 2. The van der Waals surface area contributed by atoms with Gasteiger partial charge in [-0.1, -0.05) is 35.9 Å². The Bertz CT molecular complexity index is 988. The molecule has 132 valence electrons. The number of fused-ring (bicyclic) bond motifs is 1. The van der Waals surface area contributed by atoms with Gasteiger partial charge in [-0.25, -0.2) is 0 Å². The first-order chi connectivity index (χ1) is 12.3. The number of methoxy groups -OCH3 is 1. The molecule has 0 atom stereocenters. The van der Waals surface area contributed by atoms with E-state index < -0.39 is 17.5 Å². The van der Waals surface area contributed by atoms with Crippen LogP contribution in [0.3, 0.4) is 0 Å². The van der Waals surface area contributed by atoms with Crippen LogP contribution in [0, 0.1) is 6.92 Å². The van der Waals surface area contributed by atoms with E-state index in [-0.39, 0.29) is 27.5 Å². The SMILES string of the molecule is COc1cc(C)ccc1C1=C(Cl)C(=O)c2c(OC(C)=O)cccc2C1=O. The highest BCUT2D eigenvalue weighted by atomic mass is 35.5. The molecule has 0 unspecified atom stereocenters. The van der Waals surface area contributed by atoms with Crippen molar-refractivity contribution in [1.82, 2.24) is 0 Å². The van der Waals surface area contributed by atoms with Crippen LogP contribution in [0.2, 0.25) is 0 Å². The molecule has 6 heteroatoms. The van der Waals surface area contributed by atoms with Crippen molar-refractivity contribution in [3.8, 4) is 11.5 Å². The highest BCUT2D eigenvalue weighted by Gasteiger charge is 2.35. The number of rotatable bonds is 3. The first kappa shape index (κ1) is 17.9. The fourth-order valence-electron chi connectivity index (χ4n) is 2.90. The minimum Gasteiger partial charge on any atom is -0.496 e. The fraction of sp³-hybridized carbons (Fsp3) is 0.150. The second kappa shape index (κ2) is 6.77. The maximum Gasteiger partial charge on any atom is 0.308 e. The van der Waals surface area contributed by atoms with E-state index >= 15 is 0 Å². The van der Waals surface area contributed by atoms with Crippen LogP contribution in [-0.2, 0) is 4.79 Å². The second-order valence-corrected chi connectivity index (χ2v) is 6.20. The van der Waals surface area contributed by atoms with Gasteiger partial charge in [0.1, 0.15) is 16.5 Å². The molecule has 2 aromatic rings. The van der Waals surface area contributed by atoms with Crippen molar-refractivity contribution < 1.29 is 23.9 Å². The predicted molar refractivity (Wildman–Crippen MR) is 96.9 cm³/mol. The van der Waals surface area contributed by atoms with Gasteiger partial charge < -0.3 is 9.47 Å². The molecule has 1 aliphatic carbocycles. The summed E-state index contributed by atoms with van der Waals surface area (Å²) in [6, 6.07) is 9.76. The lowest BCUT2D eigenvalue weighted by atomic mass is 9.85. The number of carbonyl (C=O) groups excluding carboxylic acids is 3. The molecule has 0 radical (unpaired) electrons. The van der Waals surface area contributed by atoms with Crippen molar-refractivity contribution in [2.24, 2.45) is 0 Å². The Morgan fingerprint density at radius 1 is 1.00 bits per heavy atom. The number of esters is 1. The van der Waals surface area contributed by atoms with Crippen LogP contribution in [0.1, 0.15) is 38.8 Å². The Balaban J connectivity index is 2.23. The predicted octanol–water partition coefficient (Wildman–Crippen LogP) is 3.96. The molecule has 0 aromatic heterocycles. The van der Waals surface area contributed by atoms with Crippen LogP contribution in [0.25, 0.3) is 5.57 Å². The third-order valence-corrected chi connectivity index (χ3v) is 4.38. The van der Waals surface area contributed by atoms with Crippen molar-refractivity contribution >= 4 is 34.7 Å². The van der Waals surface area contributed by atoms with Gasteiger partial charge >= 0.3 is 5.97 Å². The van der Waals surface area contributed by atoms with Gasteiger partial charge in [-0.15, -0.1) is 0 Å². The Labute approximate surface area is 155 Å². The van der Waals surface area contributed by atoms with E-state index in [0.717, 1.165) is 5.56 Å². The summed E-state index contributed by atoms with van der Waals surface area (Å²) in [5.41, 5.74) is 1.57. The molecule has 2 aromatic carbocycles. The Morgan fingerprint density at radius 3 is 2.38 bits per heavy atom. The molecule has 0 spiro atoms. The van der Waals surface area contributed by atoms with E-state index in [1.54, 1.807) is 24.3 Å². The highest BCUT2D eigenvalue weighted by Crippen LogP contribution is 2.40. The lowest BCUT2D eigenvalue weighted by molar-refractivity contribution is -0.131. The Hall–Kier alpha value is -2.92. The number of aryl methyl sites for hydroxylation is 1. The van der Waals surface area contributed by atoms with Crippen molar-refractivity contribution in [3.63, 3.8) is 0 Å². The van der Waals surface area contributed by atoms with Crippen LogP contribution in [0.5, 0.6) is 11.5 Å². The minimum atomic E-state index is -0.593. The smallest absolute Gasteiger partial charge is 0.308 e. The first-order valence-electron chi connectivity index (χ1n) is 7.80. The van der Waals surface area contributed by atoms with E-state index in [9.17, 15) is 14.4 Å². The number of benzene rings is 2. The summed E-state index contributed by atoms with van der Waals surface area (Å²) in [6.45, 7) is 3.10. The highest BCUT2D eigenvalue weighted by molar-refractivity contribution is 6.57. The summed E-state index contributed by atoms with van der Waals surface area (Å²) in [5, 5.41) is -0.232. The minimum absolute atomic E-state index is 0.00692. The maximum absolute atomic E-state index is 13.1. The van der Waals surface area contributed by atoms with Crippen LogP contribution in [-0.4, -0.2) is 24.6 Å². The standard InChI is InChI=1S/C20H15ClO5/c1-10-7-8-12(15(9-10)25-3)17-18(21)20(24)16-13(19(17)23)5-4-6-14(16)26-11(2)22/h4-9H,1-3H3. The van der Waals surface area contributed by atoms with E-state index in [2.05, 4.69) is 0 Å². The summed E-state index contributed by atoms with van der Waals surface area (Å²) in [7, 11) is 1.48. The van der Waals surface area contributed by atoms with Crippen molar-refractivity contribution in [1.29, 1.82) is 0 Å². The zero-order chi connectivity index (χ0) is 19.0. The Morgan fingerprint density at radius 2 is 1.73 bits per heavy atom. The summed E-state index contributed by atoms with van der Waals surface area (Å²) in [4.78, 5) is 37.2. The molecule has 26 heavy (non-hydrogen) atoms. The van der Waals surface area contributed by atoms with Crippen molar-refractivity contribution in [2.45, 2.75) is 13.8 Å². The van der Waals surface area contributed by atoms with Crippen LogP contribution in [0.15, 0.2) is 41.4 Å². The van der Waals surface area contributed by atoms with Crippen LogP contribution in [0.4, 0.5) is 0 Å². The van der Waals surface area contributed by atoms with Gasteiger partial charge in [-0.2, -0.15) is 0 Å². The third-order valence-electron chi connectivity index (χ3n) is 4.02. The third kappa shape index (κ3) is 2.91. The van der Waals surface area contributed by atoms with E-state index in [0.29, 0.717) is 11.3 Å². The zero-order valence-electron chi connectivity index (χ0n) is 14.4. The topological polar surface area (TPSA) is 69.7 Å². The molecule has 0 amide bonds. The van der Waals surface area contributed by atoms with Crippen molar-refractivity contribution in [2.75, 3.05) is 7.11 Å². The number of halogens is 1. The summed E-state index contributed by atoms with van der Waals surface area (Å²) in [5.74, 6) is -1.14. The number of hydrogen-bond acceptors (Lipinski definition) is 5. The molecular weight excluding hydrogens is 356 g/mol. The molecule has 5 nitrogen and oxygen atoms in total. The van der Waals surface area contributed by atoms with Crippen LogP contribution >= 0.6 is 11.6 Å². The summed E-state index contributed by atoms with van der Waals surface area (Å²) in [6.07, 6.45) is 0. The lowest BCUT2D eigenvalue weighted by Crippen LogP contribution is -2.21. The molecule has 1 aliphatic rings. The molecule has 0 saturated carbocycles. The monoisotopic (exact) mass is 370 g/mol. The summed E-state index contributed by atoms with van der Waals surface area (Å²) >= 11 is 6.28. The van der Waals surface area contributed by atoms with Gasteiger partial charge in [0, 0.05) is 18.1 Å². The zero-order valence-corrected chi connectivity index (χ0v) is 15.1. The molecule has 0 heterocycles. The van der Waals surface area contributed by atoms with Crippen LogP contribution < -0.4 is 9.47 Å². The molecule has 0 fully saturated rings. The van der Waals surface area contributed by atoms with E-state index in [4.69, 9.17) is 21.1 Å². The number of allylic oxidation sites excluding steroid dienone is 2. The van der Waals surface area contributed by atoms with Gasteiger partial charge in [0.15, 0.2) is 5.78 Å². The second-order valence-electron chi connectivity index (χ2n) is 5.82. The van der Waals surface area contributed by atoms with Gasteiger partial charge in [-0.05, 0) is 24.6 Å². The molecule has 0 N–H and O–H groups in total. The molecule has 0 saturated heterocycles. The molecular formula is C20H15ClO5. The summed E-state index contributed by atoms with van der Waals surface area (Å²) < 4.78 is 10.4. The molecule has 0 aliphatic heterocycles. The van der Waals surface area contributed by atoms with Crippen molar-refractivity contribution in [3.05, 3.63) is 63.7 Å². The Kier molecular flexibility index (Phi) is 4.66. The number of carbonyl (C=O) groups is 3. The first-order valence-corrected chi connectivity index (χ1v) is 8.18.